The molecule has 4 heteroatoms. The summed E-state index contributed by atoms with van der Waals surface area (Å²) in [5.74, 6) is -0.185. The van der Waals surface area contributed by atoms with Crippen molar-refractivity contribution in [3.8, 4) is 0 Å². The number of alkyl halides is 1. The molecule has 1 rings (SSSR count). The highest BCUT2D eigenvalue weighted by molar-refractivity contribution is 6.21. The van der Waals surface area contributed by atoms with Crippen molar-refractivity contribution >= 4 is 23.4 Å². The number of hydrogen-bond acceptors (Lipinski definition) is 2. The Morgan fingerprint density at radius 2 is 1.71 bits per heavy atom. The SMILES string of the molecule is CC(C)(C)C(Cl)CN1C(=O)CCC1=O. The average Bonchev–Trinajstić information content (AvgIpc) is 2.34. The zero-order chi connectivity index (χ0) is 10.9. The van der Waals surface area contributed by atoms with Crippen molar-refractivity contribution in [3.63, 3.8) is 0 Å². The smallest absolute Gasteiger partial charge is 0.229 e. The van der Waals surface area contributed by atoms with E-state index in [1.807, 2.05) is 20.8 Å². The number of hydrogen-bond donors (Lipinski definition) is 0. The molecule has 0 spiro atoms. The minimum absolute atomic E-state index is 0.0926. The lowest BCUT2D eigenvalue weighted by Gasteiger charge is -2.28. The molecule has 0 aromatic rings. The molecule has 0 radical (unpaired) electrons. The molecule has 1 fully saturated rings. The van der Waals surface area contributed by atoms with Crippen LogP contribution >= 0.6 is 11.6 Å². The monoisotopic (exact) mass is 217 g/mol. The van der Waals surface area contributed by atoms with Crippen LogP contribution in [-0.4, -0.2) is 28.6 Å². The molecule has 0 saturated carbocycles. The van der Waals surface area contributed by atoms with E-state index < -0.39 is 0 Å². The Morgan fingerprint density at radius 1 is 1.29 bits per heavy atom. The predicted octanol–water partition coefficient (Wildman–Crippen LogP) is 1.79. The molecule has 1 unspecified atom stereocenters. The summed E-state index contributed by atoms with van der Waals surface area (Å²) >= 11 is 6.12. The molecule has 1 saturated heterocycles. The molecule has 3 nitrogen and oxygen atoms in total. The highest BCUT2D eigenvalue weighted by Crippen LogP contribution is 2.26. The number of halogens is 1. The molecule has 1 aliphatic heterocycles. The Balaban J connectivity index is 2.60. The average molecular weight is 218 g/mol. The van der Waals surface area contributed by atoms with E-state index in [1.165, 1.54) is 4.90 Å². The molecule has 0 N–H and O–H groups in total. The molecular formula is C10H16ClNO2. The maximum absolute atomic E-state index is 11.3. The van der Waals surface area contributed by atoms with Gasteiger partial charge in [0.05, 0.1) is 5.38 Å². The summed E-state index contributed by atoms with van der Waals surface area (Å²) < 4.78 is 0. The fourth-order valence-corrected chi connectivity index (χ4v) is 1.40. The van der Waals surface area contributed by atoms with E-state index in [0.717, 1.165) is 0 Å². The van der Waals surface area contributed by atoms with Crippen LogP contribution in [0.3, 0.4) is 0 Å². The third kappa shape index (κ3) is 2.47. The number of carbonyl (C=O) groups excluding carboxylic acids is 2. The van der Waals surface area contributed by atoms with Crippen LogP contribution in [0.2, 0.25) is 0 Å². The van der Waals surface area contributed by atoms with Crippen LogP contribution in [-0.2, 0) is 9.59 Å². The van der Waals surface area contributed by atoms with E-state index in [1.54, 1.807) is 0 Å². The van der Waals surface area contributed by atoms with Crippen molar-refractivity contribution in [2.24, 2.45) is 5.41 Å². The van der Waals surface area contributed by atoms with Crippen LogP contribution in [0.15, 0.2) is 0 Å². The van der Waals surface area contributed by atoms with Gasteiger partial charge in [-0.15, -0.1) is 11.6 Å². The molecule has 0 aromatic carbocycles. The van der Waals surface area contributed by atoms with Crippen LogP contribution in [0.5, 0.6) is 0 Å². The lowest BCUT2D eigenvalue weighted by Crippen LogP contribution is -2.39. The quantitative estimate of drug-likeness (QED) is 0.523. The third-order valence-corrected chi connectivity index (χ3v) is 3.23. The summed E-state index contributed by atoms with van der Waals surface area (Å²) in [5, 5.41) is -0.187. The largest absolute Gasteiger partial charge is 0.281 e. The van der Waals surface area contributed by atoms with E-state index in [0.29, 0.717) is 19.4 Å². The van der Waals surface area contributed by atoms with Crippen molar-refractivity contribution in [1.82, 2.24) is 4.90 Å². The van der Waals surface area contributed by atoms with Gasteiger partial charge in [0.25, 0.3) is 0 Å². The predicted molar refractivity (Wildman–Crippen MR) is 55.1 cm³/mol. The molecule has 0 aliphatic carbocycles. The fourth-order valence-electron chi connectivity index (χ4n) is 1.26. The summed E-state index contributed by atoms with van der Waals surface area (Å²) in [4.78, 5) is 23.9. The van der Waals surface area contributed by atoms with E-state index in [9.17, 15) is 9.59 Å². The van der Waals surface area contributed by atoms with Crippen molar-refractivity contribution in [2.75, 3.05) is 6.54 Å². The van der Waals surface area contributed by atoms with Crippen LogP contribution < -0.4 is 0 Å². The van der Waals surface area contributed by atoms with Crippen LogP contribution in [0.25, 0.3) is 0 Å². The van der Waals surface area contributed by atoms with Gasteiger partial charge in [-0.3, -0.25) is 14.5 Å². The molecule has 80 valence electrons. The third-order valence-electron chi connectivity index (χ3n) is 2.44. The number of nitrogens with zero attached hydrogens (tertiary/aromatic N) is 1. The second kappa shape index (κ2) is 3.89. The first-order valence-corrected chi connectivity index (χ1v) is 5.23. The van der Waals surface area contributed by atoms with E-state index >= 15 is 0 Å². The van der Waals surface area contributed by atoms with Crippen molar-refractivity contribution < 1.29 is 9.59 Å². The highest BCUT2D eigenvalue weighted by atomic mass is 35.5. The van der Waals surface area contributed by atoms with Gasteiger partial charge in [0, 0.05) is 19.4 Å². The molecule has 1 heterocycles. The van der Waals surface area contributed by atoms with Crippen LogP contribution in [0.4, 0.5) is 0 Å². The van der Waals surface area contributed by atoms with Crippen molar-refractivity contribution in [2.45, 2.75) is 39.0 Å². The van der Waals surface area contributed by atoms with Gasteiger partial charge in [0.1, 0.15) is 0 Å². The Kier molecular flexibility index (Phi) is 3.20. The number of imide groups is 1. The van der Waals surface area contributed by atoms with E-state index in [-0.39, 0.29) is 22.6 Å². The number of likely N-dealkylation sites (tertiary alicyclic amines) is 1. The molecule has 2 amide bonds. The second-order valence-electron chi connectivity index (χ2n) is 4.73. The lowest BCUT2D eigenvalue weighted by molar-refractivity contribution is -0.138. The summed E-state index contributed by atoms with van der Waals surface area (Å²) in [6, 6.07) is 0. The number of amides is 2. The Bertz CT molecular complexity index is 241. The van der Waals surface area contributed by atoms with Crippen LogP contribution in [0.1, 0.15) is 33.6 Å². The van der Waals surface area contributed by atoms with Gasteiger partial charge in [0.2, 0.25) is 11.8 Å². The molecule has 1 aliphatic rings. The highest BCUT2D eigenvalue weighted by Gasteiger charge is 2.33. The van der Waals surface area contributed by atoms with Crippen LogP contribution in [0, 0.1) is 5.41 Å². The van der Waals surface area contributed by atoms with Gasteiger partial charge in [0.15, 0.2) is 0 Å². The molecular weight excluding hydrogens is 202 g/mol. The molecule has 0 bridgehead atoms. The summed E-state index contributed by atoms with van der Waals surface area (Å²) in [6.07, 6.45) is 0.680. The van der Waals surface area contributed by atoms with Gasteiger partial charge in [-0.05, 0) is 5.41 Å². The van der Waals surface area contributed by atoms with Gasteiger partial charge >= 0.3 is 0 Å². The maximum atomic E-state index is 11.3. The van der Waals surface area contributed by atoms with Crippen molar-refractivity contribution in [1.29, 1.82) is 0 Å². The summed E-state index contributed by atoms with van der Waals surface area (Å²) in [5.41, 5.74) is -0.0926. The second-order valence-corrected chi connectivity index (χ2v) is 5.26. The fraction of sp³-hybridized carbons (Fsp3) is 0.800. The standard InChI is InChI=1S/C10H16ClNO2/c1-10(2,3)7(11)6-12-8(13)4-5-9(12)14/h7H,4-6H2,1-3H3. The van der Waals surface area contributed by atoms with Gasteiger partial charge in [-0.2, -0.15) is 0 Å². The first kappa shape index (κ1) is 11.5. The van der Waals surface area contributed by atoms with Gasteiger partial charge in [-0.25, -0.2) is 0 Å². The minimum atomic E-state index is -0.187. The zero-order valence-corrected chi connectivity index (χ0v) is 9.60. The topological polar surface area (TPSA) is 37.4 Å². The first-order valence-electron chi connectivity index (χ1n) is 4.79. The van der Waals surface area contributed by atoms with Crippen molar-refractivity contribution in [3.05, 3.63) is 0 Å². The Hall–Kier alpha value is -0.570. The molecule has 0 aromatic heterocycles. The Morgan fingerprint density at radius 3 is 2.07 bits per heavy atom. The van der Waals surface area contributed by atoms with E-state index in [4.69, 9.17) is 11.6 Å². The number of carbonyl (C=O) groups is 2. The summed E-state index contributed by atoms with van der Waals surface area (Å²) in [6.45, 7) is 6.32. The minimum Gasteiger partial charge on any atom is -0.281 e. The normalized spacial score (nSPS) is 20.4. The summed E-state index contributed by atoms with van der Waals surface area (Å²) in [7, 11) is 0. The molecule has 1 atom stereocenters. The van der Waals surface area contributed by atoms with Gasteiger partial charge < -0.3 is 0 Å². The van der Waals surface area contributed by atoms with E-state index in [2.05, 4.69) is 0 Å². The molecule has 14 heavy (non-hydrogen) atoms. The maximum Gasteiger partial charge on any atom is 0.229 e. The van der Waals surface area contributed by atoms with Gasteiger partial charge in [-0.1, -0.05) is 20.8 Å². The lowest BCUT2D eigenvalue weighted by atomic mass is 9.91. The Labute approximate surface area is 89.4 Å². The zero-order valence-electron chi connectivity index (χ0n) is 8.84. The number of rotatable bonds is 2. The first-order chi connectivity index (χ1) is 6.32.